The zero-order chi connectivity index (χ0) is 46.6. The number of para-hydroxylation sites is 2. The van der Waals surface area contributed by atoms with Crippen LogP contribution in [0, 0.1) is 0 Å². The Morgan fingerprint density at radius 2 is 1.42 bits per heavy atom. The summed E-state index contributed by atoms with van der Waals surface area (Å²) in [5.41, 5.74) is 10.9. The number of hydrogen-bond donors (Lipinski definition) is 5. The molecule has 8 aromatic rings. The number of nitrogens with one attached hydrogen (secondary N) is 4. The summed E-state index contributed by atoms with van der Waals surface area (Å²) in [5.74, 6) is -0.513. The van der Waals surface area contributed by atoms with Gasteiger partial charge >= 0.3 is 5.97 Å². The van der Waals surface area contributed by atoms with E-state index in [4.69, 9.17) is 19.3 Å². The minimum Gasteiger partial charge on any atom is -0.469 e. The van der Waals surface area contributed by atoms with Crippen LogP contribution in [0.4, 0.5) is 11.4 Å². The van der Waals surface area contributed by atoms with Gasteiger partial charge in [0.05, 0.1) is 19.1 Å². The molecule has 0 fully saturated rings. The summed E-state index contributed by atoms with van der Waals surface area (Å²) in [6.45, 7) is 5.82. The van der Waals surface area contributed by atoms with E-state index in [0.29, 0.717) is 46.0 Å². The van der Waals surface area contributed by atoms with Gasteiger partial charge in [-0.25, -0.2) is 0 Å². The van der Waals surface area contributed by atoms with E-state index < -0.39 is 11.5 Å². The van der Waals surface area contributed by atoms with Gasteiger partial charge in [0.25, 0.3) is 5.91 Å². The summed E-state index contributed by atoms with van der Waals surface area (Å²) in [6.07, 6.45) is 13.4. The fraction of sp³-hybridized carbons (Fsp3) is 0.135. The Balaban J connectivity index is 0.000000202. The standard InChI is InChI=1S/C29H29N3O5.C23H19N3O3/c1-29(2,3)37-27(34)19-32-18-21(24-11-4-5-12-25(24)32)13-14-26(33)31-22-9-6-8-20(16-22)28(35)30-17-23-10-7-15-36-23;24-23(28)18-7-3-9-21(19(18)13-16-5-4-12-29-16)26-22(27)11-10-15-14-25-20-8-2-1-6-17(15)20/h4-16,18H,17,19H2,1-3H3,(H,30,35)(H,31,33);1-12,14,25H,13H2,(H2,24,28)(H,26,27). The number of furan rings is 2. The van der Waals surface area contributed by atoms with Gasteiger partial charge < -0.3 is 44.8 Å². The van der Waals surface area contributed by atoms with Gasteiger partial charge in [0.15, 0.2) is 0 Å². The van der Waals surface area contributed by atoms with Gasteiger partial charge in [0.2, 0.25) is 17.7 Å². The number of carbonyl (C=O) groups is 5. The number of nitrogens with zero attached hydrogens (tertiary/aromatic N) is 1. The second-order valence-electron chi connectivity index (χ2n) is 16.0. The lowest BCUT2D eigenvalue weighted by atomic mass is 10.00. The van der Waals surface area contributed by atoms with Gasteiger partial charge in [-0.2, -0.15) is 0 Å². The third-order valence-corrected chi connectivity index (χ3v) is 10.0. The lowest BCUT2D eigenvalue weighted by Gasteiger charge is -2.19. The Hall–Kier alpha value is -8.65. The zero-order valence-corrected chi connectivity index (χ0v) is 36.5. The van der Waals surface area contributed by atoms with Crippen molar-refractivity contribution in [3.05, 3.63) is 192 Å². The summed E-state index contributed by atoms with van der Waals surface area (Å²) in [5, 5.41) is 10.3. The smallest absolute Gasteiger partial charge is 0.326 e. The van der Waals surface area contributed by atoms with E-state index in [-0.39, 0.29) is 36.8 Å². The summed E-state index contributed by atoms with van der Waals surface area (Å²) in [7, 11) is 0. The molecule has 0 saturated heterocycles. The van der Waals surface area contributed by atoms with Crippen LogP contribution >= 0.6 is 0 Å². The van der Waals surface area contributed by atoms with Crippen molar-refractivity contribution in [3.8, 4) is 0 Å². The molecule has 0 unspecified atom stereocenters. The van der Waals surface area contributed by atoms with Gasteiger partial charge in [0, 0.05) is 80.8 Å². The summed E-state index contributed by atoms with van der Waals surface area (Å²) < 4.78 is 17.9. The molecule has 0 saturated carbocycles. The molecule has 14 heteroatoms. The number of amides is 4. The van der Waals surface area contributed by atoms with Gasteiger partial charge in [-0.3, -0.25) is 24.0 Å². The first-order valence-corrected chi connectivity index (χ1v) is 21.0. The molecule has 4 aromatic heterocycles. The van der Waals surface area contributed by atoms with Crippen LogP contribution in [0.1, 0.15) is 69.7 Å². The highest BCUT2D eigenvalue weighted by molar-refractivity contribution is 6.06. The molecule has 6 N–H and O–H groups in total. The third-order valence-electron chi connectivity index (χ3n) is 10.0. The van der Waals surface area contributed by atoms with Gasteiger partial charge in [-0.15, -0.1) is 0 Å². The number of primary amides is 1. The minimum atomic E-state index is -0.571. The predicted molar refractivity (Wildman–Crippen MR) is 254 cm³/mol. The Morgan fingerprint density at radius 3 is 2.15 bits per heavy atom. The van der Waals surface area contributed by atoms with E-state index in [1.165, 1.54) is 12.2 Å². The number of benzene rings is 4. The molecule has 4 amide bonds. The zero-order valence-electron chi connectivity index (χ0n) is 36.5. The van der Waals surface area contributed by atoms with Crippen molar-refractivity contribution in [3.63, 3.8) is 0 Å². The van der Waals surface area contributed by atoms with E-state index in [0.717, 1.165) is 32.9 Å². The molecule has 0 aliphatic rings. The molecule has 0 bridgehead atoms. The average molecular weight is 885 g/mol. The molecule has 334 valence electrons. The van der Waals surface area contributed by atoms with Crippen LogP contribution in [0.3, 0.4) is 0 Å². The Bertz CT molecular complexity index is 3060. The summed E-state index contributed by atoms with van der Waals surface area (Å²) in [4.78, 5) is 65.0. The lowest BCUT2D eigenvalue weighted by molar-refractivity contribution is -0.155. The molecule has 0 aliphatic heterocycles. The number of anilines is 2. The van der Waals surface area contributed by atoms with Gasteiger partial charge in [-0.1, -0.05) is 48.5 Å². The predicted octanol–water partition coefficient (Wildman–Crippen LogP) is 9.26. The molecule has 0 atom stereocenters. The van der Waals surface area contributed by atoms with Gasteiger partial charge in [-0.05, 0) is 111 Å². The largest absolute Gasteiger partial charge is 0.469 e. The van der Waals surface area contributed by atoms with Crippen molar-refractivity contribution < 1.29 is 37.5 Å². The van der Waals surface area contributed by atoms with Crippen LogP contribution in [-0.4, -0.2) is 44.8 Å². The van der Waals surface area contributed by atoms with E-state index in [1.807, 2.05) is 86.3 Å². The Kier molecular flexibility index (Phi) is 14.2. The molecule has 8 rings (SSSR count). The number of fused-ring (bicyclic) bond motifs is 2. The van der Waals surface area contributed by atoms with Crippen molar-refractivity contribution in [2.45, 2.75) is 45.9 Å². The quantitative estimate of drug-likeness (QED) is 0.0525. The summed E-state index contributed by atoms with van der Waals surface area (Å²) in [6, 6.07) is 34.4. The van der Waals surface area contributed by atoms with Crippen LogP contribution in [0.15, 0.2) is 161 Å². The minimum absolute atomic E-state index is 0.0621. The fourth-order valence-corrected chi connectivity index (χ4v) is 7.11. The number of rotatable bonds is 14. The molecule has 0 spiro atoms. The van der Waals surface area contributed by atoms with E-state index in [1.54, 1.807) is 91.4 Å². The number of nitrogens with two attached hydrogens (primary N) is 1. The number of esters is 1. The summed E-state index contributed by atoms with van der Waals surface area (Å²) >= 11 is 0. The lowest BCUT2D eigenvalue weighted by Crippen LogP contribution is -2.26. The highest BCUT2D eigenvalue weighted by Gasteiger charge is 2.19. The molecule has 4 aromatic carbocycles. The van der Waals surface area contributed by atoms with Crippen LogP contribution in [0.2, 0.25) is 0 Å². The molecule has 0 radical (unpaired) electrons. The average Bonchev–Trinajstić information content (AvgIpc) is 4.13. The molecular weight excluding hydrogens is 837 g/mol. The molecular formula is C52H48N6O8. The third kappa shape index (κ3) is 12.1. The number of hydrogen-bond acceptors (Lipinski definition) is 8. The van der Waals surface area contributed by atoms with Crippen molar-refractivity contribution in [2.75, 3.05) is 10.6 Å². The monoisotopic (exact) mass is 884 g/mol. The fourth-order valence-electron chi connectivity index (χ4n) is 7.11. The number of aromatic amines is 1. The maximum absolute atomic E-state index is 12.6. The second-order valence-corrected chi connectivity index (χ2v) is 16.0. The Labute approximate surface area is 380 Å². The maximum Gasteiger partial charge on any atom is 0.326 e. The number of ether oxygens (including phenoxy) is 1. The molecule has 66 heavy (non-hydrogen) atoms. The first-order valence-electron chi connectivity index (χ1n) is 21.0. The SMILES string of the molecule is CC(C)(C)OC(=O)Cn1cc(C=CC(=O)Nc2cccc(C(=O)NCc3ccco3)c2)c2ccccc21.NC(=O)c1cccc(NC(=O)C=Cc2c[nH]c3ccccc23)c1Cc1ccco1. The maximum atomic E-state index is 12.6. The van der Waals surface area contributed by atoms with Crippen LogP contribution in [0.5, 0.6) is 0 Å². The highest BCUT2D eigenvalue weighted by Crippen LogP contribution is 2.26. The number of carbonyl (C=O) groups excluding carboxylic acids is 5. The second kappa shape index (κ2) is 20.7. The van der Waals surface area contributed by atoms with Crippen LogP contribution in [0.25, 0.3) is 34.0 Å². The van der Waals surface area contributed by atoms with Crippen LogP contribution in [-0.2, 0) is 38.6 Å². The highest BCUT2D eigenvalue weighted by atomic mass is 16.6. The topological polar surface area (TPSA) is 204 Å². The first kappa shape index (κ1) is 45.4. The van der Waals surface area contributed by atoms with Crippen molar-refractivity contribution in [1.82, 2.24) is 14.9 Å². The normalized spacial score (nSPS) is 11.4. The number of H-pyrrole nitrogens is 1. The van der Waals surface area contributed by atoms with Gasteiger partial charge in [0.1, 0.15) is 23.7 Å². The molecule has 4 heterocycles. The molecule has 14 nitrogen and oxygen atoms in total. The number of aromatic nitrogens is 2. The van der Waals surface area contributed by atoms with Crippen molar-refractivity contribution >= 4 is 74.9 Å². The van der Waals surface area contributed by atoms with E-state index in [9.17, 15) is 24.0 Å². The van der Waals surface area contributed by atoms with Crippen molar-refractivity contribution in [2.24, 2.45) is 5.73 Å². The molecule has 0 aliphatic carbocycles. The van der Waals surface area contributed by atoms with E-state index >= 15 is 0 Å². The Morgan fingerprint density at radius 1 is 0.742 bits per heavy atom. The van der Waals surface area contributed by atoms with E-state index in [2.05, 4.69) is 20.9 Å². The van der Waals surface area contributed by atoms with Crippen molar-refractivity contribution in [1.29, 1.82) is 0 Å². The van der Waals surface area contributed by atoms with Crippen LogP contribution < -0.4 is 21.7 Å². The first-order chi connectivity index (χ1) is 31.8.